The predicted octanol–water partition coefficient (Wildman–Crippen LogP) is 2.77. The maximum Gasteiger partial charge on any atom is 0.188 e. The number of guanidine groups is 1. The van der Waals surface area contributed by atoms with E-state index in [9.17, 15) is 4.39 Å². The Balaban J connectivity index is 0.00000361. The monoisotopic (exact) mass is 395 g/mol. The molecule has 0 saturated heterocycles. The minimum absolute atomic E-state index is 0. The number of ether oxygens (including phenoxy) is 1. The van der Waals surface area contributed by atoms with Crippen LogP contribution >= 0.6 is 24.0 Å². The number of hydrogen-bond donors (Lipinski definition) is 2. The van der Waals surface area contributed by atoms with Gasteiger partial charge in [-0.1, -0.05) is 26.0 Å². The number of para-hydroxylation sites is 1. The standard InChI is InChI=1S/C14H22FN3O.HI/c1-10(2)8-17-14(16)18-9-11(3)19-13-7-5-4-6-12(13)15;/h4-7,10-11H,8-9H2,1-3H3,(H3,16,17,18);1H. The number of nitrogens with two attached hydrogens (primary N) is 1. The van der Waals surface area contributed by atoms with E-state index in [2.05, 4.69) is 24.2 Å². The predicted molar refractivity (Wildman–Crippen MR) is 91.2 cm³/mol. The fraction of sp³-hybridized carbons (Fsp3) is 0.500. The van der Waals surface area contributed by atoms with Crippen molar-refractivity contribution in [3.8, 4) is 5.75 Å². The van der Waals surface area contributed by atoms with Gasteiger partial charge in [-0.25, -0.2) is 4.39 Å². The van der Waals surface area contributed by atoms with Gasteiger partial charge in [0.2, 0.25) is 0 Å². The van der Waals surface area contributed by atoms with Crippen molar-refractivity contribution in [3.63, 3.8) is 0 Å². The van der Waals surface area contributed by atoms with E-state index in [0.29, 0.717) is 25.0 Å². The lowest BCUT2D eigenvalue weighted by atomic mass is 10.2. The molecule has 0 aliphatic rings. The molecular weight excluding hydrogens is 372 g/mol. The molecule has 1 rings (SSSR count). The molecule has 20 heavy (non-hydrogen) atoms. The number of nitrogens with zero attached hydrogens (tertiary/aromatic N) is 1. The molecule has 1 unspecified atom stereocenters. The summed E-state index contributed by atoms with van der Waals surface area (Å²) >= 11 is 0. The van der Waals surface area contributed by atoms with Crippen molar-refractivity contribution in [1.82, 2.24) is 5.32 Å². The molecule has 0 aromatic heterocycles. The van der Waals surface area contributed by atoms with Gasteiger partial charge in [0.25, 0.3) is 0 Å². The maximum absolute atomic E-state index is 13.4. The summed E-state index contributed by atoms with van der Waals surface area (Å²) in [6, 6.07) is 6.33. The Morgan fingerprint density at radius 1 is 1.35 bits per heavy atom. The molecule has 0 amide bonds. The van der Waals surface area contributed by atoms with Gasteiger partial charge in [0.05, 0.1) is 6.54 Å². The molecule has 114 valence electrons. The molecule has 0 aliphatic carbocycles. The highest BCUT2D eigenvalue weighted by molar-refractivity contribution is 14.0. The first-order chi connectivity index (χ1) is 8.99. The van der Waals surface area contributed by atoms with Crippen LogP contribution < -0.4 is 15.8 Å². The van der Waals surface area contributed by atoms with Crippen LogP contribution in [0, 0.1) is 11.7 Å². The fourth-order valence-electron chi connectivity index (χ4n) is 1.38. The molecule has 1 aromatic carbocycles. The zero-order chi connectivity index (χ0) is 14.3. The highest BCUT2D eigenvalue weighted by Crippen LogP contribution is 2.16. The molecule has 0 radical (unpaired) electrons. The maximum atomic E-state index is 13.4. The van der Waals surface area contributed by atoms with Crippen LogP contribution in [0.3, 0.4) is 0 Å². The van der Waals surface area contributed by atoms with Gasteiger partial charge in [-0.3, -0.25) is 4.99 Å². The lowest BCUT2D eigenvalue weighted by Gasteiger charge is -2.16. The Morgan fingerprint density at radius 3 is 2.60 bits per heavy atom. The minimum atomic E-state index is -0.365. The number of benzene rings is 1. The minimum Gasteiger partial charge on any atom is -0.486 e. The molecular formula is C14H23FIN3O. The van der Waals surface area contributed by atoms with Crippen molar-refractivity contribution in [1.29, 1.82) is 0 Å². The van der Waals surface area contributed by atoms with Crippen LogP contribution in [0.1, 0.15) is 20.8 Å². The van der Waals surface area contributed by atoms with E-state index in [1.165, 1.54) is 6.07 Å². The van der Waals surface area contributed by atoms with Crippen molar-refractivity contribution in [2.45, 2.75) is 26.9 Å². The molecule has 0 fully saturated rings. The van der Waals surface area contributed by atoms with Gasteiger partial charge in [-0.05, 0) is 25.0 Å². The van der Waals surface area contributed by atoms with Crippen LogP contribution in [0.5, 0.6) is 5.75 Å². The Kier molecular flexibility index (Phi) is 9.28. The van der Waals surface area contributed by atoms with Crippen molar-refractivity contribution in [3.05, 3.63) is 30.1 Å². The molecule has 0 saturated carbocycles. The van der Waals surface area contributed by atoms with Crippen LogP contribution in [0.2, 0.25) is 0 Å². The van der Waals surface area contributed by atoms with Gasteiger partial charge in [0, 0.05) is 6.54 Å². The summed E-state index contributed by atoms with van der Waals surface area (Å²) in [6.07, 6.45) is -0.204. The summed E-state index contributed by atoms with van der Waals surface area (Å²) in [5.74, 6) is 0.732. The number of rotatable bonds is 6. The summed E-state index contributed by atoms with van der Waals surface area (Å²) < 4.78 is 18.8. The van der Waals surface area contributed by atoms with Crippen LogP contribution in [0.4, 0.5) is 4.39 Å². The molecule has 3 N–H and O–H groups in total. The summed E-state index contributed by atoms with van der Waals surface area (Å²) in [5, 5.41) is 2.96. The first kappa shape index (κ1) is 18.9. The second-order valence-electron chi connectivity index (χ2n) is 4.86. The van der Waals surface area contributed by atoms with E-state index in [1.54, 1.807) is 18.2 Å². The third-order valence-electron chi connectivity index (χ3n) is 2.36. The first-order valence-corrected chi connectivity index (χ1v) is 6.44. The van der Waals surface area contributed by atoms with Crippen molar-refractivity contribution >= 4 is 29.9 Å². The van der Waals surface area contributed by atoms with Crippen LogP contribution in [-0.4, -0.2) is 25.2 Å². The Labute approximate surface area is 137 Å². The Morgan fingerprint density at radius 2 is 2.00 bits per heavy atom. The highest BCUT2D eigenvalue weighted by Gasteiger charge is 2.07. The van der Waals surface area contributed by atoms with Crippen LogP contribution in [0.15, 0.2) is 29.3 Å². The number of halogens is 2. The molecule has 6 heteroatoms. The lowest BCUT2D eigenvalue weighted by Crippen LogP contribution is -2.38. The Bertz CT molecular complexity index is 427. The highest BCUT2D eigenvalue weighted by atomic mass is 127. The van der Waals surface area contributed by atoms with Gasteiger partial charge in [0.15, 0.2) is 17.5 Å². The largest absolute Gasteiger partial charge is 0.486 e. The van der Waals surface area contributed by atoms with Crippen molar-refractivity contribution < 1.29 is 9.13 Å². The summed E-state index contributed by atoms with van der Waals surface area (Å²) in [5.41, 5.74) is 5.70. The molecule has 0 spiro atoms. The third-order valence-corrected chi connectivity index (χ3v) is 2.36. The fourth-order valence-corrected chi connectivity index (χ4v) is 1.38. The van der Waals surface area contributed by atoms with E-state index in [-0.39, 0.29) is 41.6 Å². The van der Waals surface area contributed by atoms with E-state index in [0.717, 1.165) is 0 Å². The molecule has 1 aromatic rings. The van der Waals surface area contributed by atoms with E-state index in [4.69, 9.17) is 10.5 Å². The topological polar surface area (TPSA) is 59.6 Å². The smallest absolute Gasteiger partial charge is 0.188 e. The number of aliphatic imine (C=N–C) groups is 1. The SMILES string of the molecule is CC(C)CN=C(N)NCC(C)Oc1ccccc1F.I. The molecule has 0 heterocycles. The lowest BCUT2D eigenvalue weighted by molar-refractivity contribution is 0.214. The molecule has 0 bridgehead atoms. The first-order valence-electron chi connectivity index (χ1n) is 6.44. The van der Waals surface area contributed by atoms with E-state index < -0.39 is 0 Å². The Hall–Kier alpha value is -1.05. The molecule has 1 atom stereocenters. The zero-order valence-corrected chi connectivity index (χ0v) is 14.4. The average Bonchev–Trinajstić information content (AvgIpc) is 2.36. The summed E-state index contributed by atoms with van der Waals surface area (Å²) in [7, 11) is 0. The average molecular weight is 395 g/mol. The molecule has 0 aliphatic heterocycles. The summed E-state index contributed by atoms with van der Waals surface area (Å²) in [6.45, 7) is 7.14. The van der Waals surface area contributed by atoms with Gasteiger partial charge in [0.1, 0.15) is 6.10 Å². The number of nitrogens with one attached hydrogen (secondary N) is 1. The van der Waals surface area contributed by atoms with Gasteiger partial charge in [-0.15, -0.1) is 24.0 Å². The van der Waals surface area contributed by atoms with Gasteiger partial charge < -0.3 is 15.8 Å². The van der Waals surface area contributed by atoms with E-state index >= 15 is 0 Å². The molecule has 4 nitrogen and oxygen atoms in total. The van der Waals surface area contributed by atoms with E-state index in [1.807, 2.05) is 6.92 Å². The van der Waals surface area contributed by atoms with Crippen molar-refractivity contribution in [2.24, 2.45) is 16.6 Å². The van der Waals surface area contributed by atoms with Gasteiger partial charge >= 0.3 is 0 Å². The second-order valence-corrected chi connectivity index (χ2v) is 4.86. The normalized spacial score (nSPS) is 12.8. The summed E-state index contributed by atoms with van der Waals surface area (Å²) in [4.78, 5) is 4.17. The van der Waals surface area contributed by atoms with Gasteiger partial charge in [-0.2, -0.15) is 0 Å². The second kappa shape index (κ2) is 9.79. The third kappa shape index (κ3) is 7.52. The quantitative estimate of drug-likeness (QED) is 0.443. The zero-order valence-electron chi connectivity index (χ0n) is 12.1. The van der Waals surface area contributed by atoms with Crippen LogP contribution in [-0.2, 0) is 0 Å². The van der Waals surface area contributed by atoms with Crippen LogP contribution in [0.25, 0.3) is 0 Å². The van der Waals surface area contributed by atoms with Crippen molar-refractivity contribution in [2.75, 3.05) is 13.1 Å². The number of hydrogen-bond acceptors (Lipinski definition) is 2.